The first kappa shape index (κ1) is 12.3. The molecule has 0 atom stereocenters. The third-order valence-corrected chi connectivity index (χ3v) is 3.06. The Morgan fingerprint density at radius 2 is 1.71 bits per heavy atom. The Hall–Kier alpha value is 0.210. The summed E-state index contributed by atoms with van der Waals surface area (Å²) in [5, 5.41) is 3.43. The van der Waals surface area contributed by atoms with Crippen molar-refractivity contribution in [2.24, 2.45) is 0 Å². The van der Waals surface area contributed by atoms with Gasteiger partial charge in [-0.15, -0.1) is 11.6 Å². The van der Waals surface area contributed by atoms with E-state index in [9.17, 15) is 0 Å². The predicted octanol–water partition coefficient (Wildman–Crippen LogP) is 2.08. The molecule has 0 amide bonds. The minimum Gasteiger partial charge on any atom is -0.315 e. The first-order valence-electron chi connectivity index (χ1n) is 5.92. The molecule has 0 saturated carbocycles. The maximum absolute atomic E-state index is 5.60. The van der Waals surface area contributed by atoms with Gasteiger partial charge in [-0.2, -0.15) is 0 Å². The molecule has 0 aromatic rings. The molecular weight excluding hydrogens is 196 g/mol. The van der Waals surface area contributed by atoms with Gasteiger partial charge in [0.05, 0.1) is 0 Å². The fraction of sp³-hybridized carbons (Fsp3) is 1.00. The molecule has 0 bridgehead atoms. The lowest BCUT2D eigenvalue weighted by molar-refractivity contribution is 0.284. The first-order valence-corrected chi connectivity index (χ1v) is 6.46. The van der Waals surface area contributed by atoms with Crippen molar-refractivity contribution in [1.29, 1.82) is 0 Å². The van der Waals surface area contributed by atoms with Gasteiger partial charge < -0.3 is 10.2 Å². The minimum absolute atomic E-state index is 0.775. The summed E-state index contributed by atoms with van der Waals surface area (Å²) >= 11 is 5.60. The fourth-order valence-electron chi connectivity index (χ4n) is 1.91. The topological polar surface area (TPSA) is 15.3 Å². The van der Waals surface area contributed by atoms with Gasteiger partial charge >= 0.3 is 0 Å². The zero-order valence-corrected chi connectivity index (χ0v) is 9.86. The Bertz CT molecular complexity index is 122. The van der Waals surface area contributed by atoms with Crippen molar-refractivity contribution in [1.82, 2.24) is 10.2 Å². The van der Waals surface area contributed by atoms with E-state index in [4.69, 9.17) is 11.6 Å². The van der Waals surface area contributed by atoms with Crippen LogP contribution in [0.1, 0.15) is 32.1 Å². The smallest absolute Gasteiger partial charge is 0.0235 e. The fourth-order valence-corrected chi connectivity index (χ4v) is 2.05. The number of rotatable bonds is 6. The maximum Gasteiger partial charge on any atom is 0.0235 e. The summed E-state index contributed by atoms with van der Waals surface area (Å²) in [6.07, 6.45) is 6.72. The van der Waals surface area contributed by atoms with Crippen LogP contribution < -0.4 is 5.32 Å². The number of nitrogens with zero attached hydrogens (tertiary/aromatic N) is 1. The van der Waals surface area contributed by atoms with E-state index in [1.54, 1.807) is 0 Å². The third-order valence-electron chi connectivity index (χ3n) is 2.79. The van der Waals surface area contributed by atoms with Crippen LogP contribution in [0, 0.1) is 0 Å². The standard InChI is InChI=1S/C11H23ClN2/c12-6-5-7-13-8-11-14-9-3-1-2-4-10-14/h13H,1-11H2. The molecule has 0 radical (unpaired) electrons. The summed E-state index contributed by atoms with van der Waals surface area (Å²) < 4.78 is 0. The van der Waals surface area contributed by atoms with Crippen molar-refractivity contribution in [3.63, 3.8) is 0 Å². The van der Waals surface area contributed by atoms with Crippen molar-refractivity contribution in [3.8, 4) is 0 Å². The normalized spacial score (nSPS) is 19.5. The van der Waals surface area contributed by atoms with Crippen molar-refractivity contribution < 1.29 is 0 Å². The van der Waals surface area contributed by atoms with Crippen molar-refractivity contribution in [2.75, 3.05) is 38.6 Å². The number of hydrogen-bond donors (Lipinski definition) is 1. The summed E-state index contributed by atoms with van der Waals surface area (Å²) in [7, 11) is 0. The number of halogens is 1. The molecule has 0 aromatic carbocycles. The highest BCUT2D eigenvalue weighted by molar-refractivity contribution is 6.17. The van der Waals surface area contributed by atoms with Crippen LogP contribution in [0.15, 0.2) is 0 Å². The van der Waals surface area contributed by atoms with Crippen LogP contribution in [0.4, 0.5) is 0 Å². The molecule has 0 aliphatic carbocycles. The summed E-state index contributed by atoms with van der Waals surface area (Å²) in [6, 6.07) is 0. The van der Waals surface area contributed by atoms with E-state index in [2.05, 4.69) is 10.2 Å². The second-order valence-corrected chi connectivity index (χ2v) is 4.43. The number of alkyl halides is 1. The van der Waals surface area contributed by atoms with E-state index in [0.717, 1.165) is 25.4 Å². The molecule has 3 heteroatoms. The van der Waals surface area contributed by atoms with Gasteiger partial charge in [-0.1, -0.05) is 12.8 Å². The van der Waals surface area contributed by atoms with E-state index in [1.807, 2.05) is 0 Å². The van der Waals surface area contributed by atoms with Crippen LogP contribution in [-0.4, -0.2) is 43.5 Å². The number of likely N-dealkylation sites (tertiary alicyclic amines) is 1. The first-order chi connectivity index (χ1) is 6.93. The van der Waals surface area contributed by atoms with Gasteiger partial charge in [0.1, 0.15) is 0 Å². The Morgan fingerprint density at radius 3 is 2.36 bits per heavy atom. The zero-order chi connectivity index (χ0) is 10.1. The molecule has 1 aliphatic heterocycles. The molecule has 0 unspecified atom stereocenters. The third kappa shape index (κ3) is 5.84. The second kappa shape index (κ2) is 8.51. The van der Waals surface area contributed by atoms with Crippen LogP contribution in [0.2, 0.25) is 0 Å². The average molecular weight is 219 g/mol. The van der Waals surface area contributed by atoms with Crippen LogP contribution in [0.5, 0.6) is 0 Å². The number of hydrogen-bond acceptors (Lipinski definition) is 2. The van der Waals surface area contributed by atoms with Crippen molar-refractivity contribution in [2.45, 2.75) is 32.1 Å². The molecule has 14 heavy (non-hydrogen) atoms. The molecule has 0 spiro atoms. The Kier molecular flexibility index (Phi) is 7.47. The molecule has 1 rings (SSSR count). The Balaban J connectivity index is 1.93. The molecule has 0 aromatic heterocycles. The van der Waals surface area contributed by atoms with Crippen molar-refractivity contribution in [3.05, 3.63) is 0 Å². The van der Waals surface area contributed by atoms with Gasteiger partial charge in [0, 0.05) is 19.0 Å². The maximum atomic E-state index is 5.60. The van der Waals surface area contributed by atoms with Gasteiger partial charge in [-0.25, -0.2) is 0 Å². The van der Waals surface area contributed by atoms with E-state index in [-0.39, 0.29) is 0 Å². The lowest BCUT2D eigenvalue weighted by Gasteiger charge is -2.19. The molecular formula is C11H23ClN2. The predicted molar refractivity (Wildman–Crippen MR) is 63.1 cm³/mol. The van der Waals surface area contributed by atoms with Gasteiger partial charge in [-0.05, 0) is 38.9 Å². The molecule has 1 aliphatic rings. The van der Waals surface area contributed by atoms with Gasteiger partial charge in [0.15, 0.2) is 0 Å². The molecule has 2 nitrogen and oxygen atoms in total. The lowest BCUT2D eigenvalue weighted by atomic mass is 10.2. The summed E-state index contributed by atoms with van der Waals surface area (Å²) in [5.74, 6) is 0.775. The van der Waals surface area contributed by atoms with E-state index < -0.39 is 0 Å². The SMILES string of the molecule is ClCCCNCCN1CCCCCC1. The van der Waals surface area contributed by atoms with Crippen LogP contribution in [-0.2, 0) is 0 Å². The van der Waals surface area contributed by atoms with Gasteiger partial charge in [0.2, 0.25) is 0 Å². The zero-order valence-electron chi connectivity index (χ0n) is 9.10. The molecule has 1 N–H and O–H groups in total. The van der Waals surface area contributed by atoms with E-state index in [1.165, 1.54) is 45.3 Å². The van der Waals surface area contributed by atoms with E-state index >= 15 is 0 Å². The summed E-state index contributed by atoms with van der Waals surface area (Å²) in [6.45, 7) is 6.00. The average Bonchev–Trinajstić information content (AvgIpc) is 2.46. The van der Waals surface area contributed by atoms with Gasteiger partial charge in [0.25, 0.3) is 0 Å². The van der Waals surface area contributed by atoms with E-state index in [0.29, 0.717) is 0 Å². The molecule has 1 saturated heterocycles. The Labute approximate surface area is 93.0 Å². The Morgan fingerprint density at radius 1 is 1.00 bits per heavy atom. The van der Waals surface area contributed by atoms with Crippen LogP contribution in [0.25, 0.3) is 0 Å². The van der Waals surface area contributed by atoms with Crippen LogP contribution in [0.3, 0.4) is 0 Å². The van der Waals surface area contributed by atoms with Gasteiger partial charge in [-0.3, -0.25) is 0 Å². The quantitative estimate of drug-likeness (QED) is 0.543. The summed E-state index contributed by atoms with van der Waals surface area (Å²) in [5.41, 5.74) is 0. The molecule has 1 fully saturated rings. The highest BCUT2D eigenvalue weighted by Gasteiger charge is 2.07. The lowest BCUT2D eigenvalue weighted by Crippen LogP contribution is -2.33. The monoisotopic (exact) mass is 218 g/mol. The minimum atomic E-state index is 0.775. The second-order valence-electron chi connectivity index (χ2n) is 4.05. The highest BCUT2D eigenvalue weighted by Crippen LogP contribution is 2.08. The molecule has 1 heterocycles. The molecule has 84 valence electrons. The number of nitrogens with one attached hydrogen (secondary N) is 1. The van der Waals surface area contributed by atoms with Crippen molar-refractivity contribution >= 4 is 11.6 Å². The largest absolute Gasteiger partial charge is 0.315 e. The highest BCUT2D eigenvalue weighted by atomic mass is 35.5. The van der Waals surface area contributed by atoms with Crippen LogP contribution >= 0.6 is 11.6 Å². The summed E-state index contributed by atoms with van der Waals surface area (Å²) in [4.78, 5) is 2.58.